The summed E-state index contributed by atoms with van der Waals surface area (Å²) < 4.78 is 2.31. The van der Waals surface area contributed by atoms with Gasteiger partial charge in [-0.1, -0.05) is 72.8 Å². The first-order valence-electron chi connectivity index (χ1n) is 12.1. The standard InChI is InChI=1S/C29H34N4O/c1-32(2)20-11-21-33-27-17-10-9-16-26(27)31-28(33)18-19-30-29(34)22-25(23-12-5-3-6-13-23)24-14-7-4-8-15-24/h3-10,12-17,25H,11,18-22H2,1-2H3,(H,30,34). The highest BCUT2D eigenvalue weighted by atomic mass is 16.1. The lowest BCUT2D eigenvalue weighted by molar-refractivity contribution is -0.121. The van der Waals surface area contributed by atoms with Crippen LogP contribution in [0.15, 0.2) is 84.9 Å². The molecule has 0 unspecified atom stereocenters. The monoisotopic (exact) mass is 454 g/mol. The lowest BCUT2D eigenvalue weighted by Gasteiger charge is -2.18. The molecule has 4 aromatic rings. The second-order valence-corrected chi connectivity index (χ2v) is 9.00. The van der Waals surface area contributed by atoms with Crippen molar-refractivity contribution in [2.45, 2.75) is 31.7 Å². The van der Waals surface area contributed by atoms with Crippen molar-refractivity contribution in [2.24, 2.45) is 0 Å². The van der Waals surface area contributed by atoms with Gasteiger partial charge >= 0.3 is 0 Å². The molecule has 176 valence electrons. The lowest BCUT2D eigenvalue weighted by Crippen LogP contribution is -2.28. The second-order valence-electron chi connectivity index (χ2n) is 9.00. The molecule has 4 rings (SSSR count). The van der Waals surface area contributed by atoms with Crippen LogP contribution < -0.4 is 5.32 Å². The topological polar surface area (TPSA) is 50.2 Å². The summed E-state index contributed by atoms with van der Waals surface area (Å²) >= 11 is 0. The van der Waals surface area contributed by atoms with Crippen molar-refractivity contribution in [1.82, 2.24) is 19.8 Å². The smallest absolute Gasteiger partial charge is 0.220 e. The maximum Gasteiger partial charge on any atom is 0.220 e. The van der Waals surface area contributed by atoms with E-state index in [1.807, 2.05) is 42.5 Å². The van der Waals surface area contributed by atoms with Crippen LogP contribution in [0.25, 0.3) is 11.0 Å². The lowest BCUT2D eigenvalue weighted by atomic mass is 9.88. The van der Waals surface area contributed by atoms with Crippen LogP contribution in [0.5, 0.6) is 0 Å². The predicted octanol–water partition coefficient (Wildman–Crippen LogP) is 4.87. The Hall–Kier alpha value is -3.44. The minimum absolute atomic E-state index is 0.0398. The number of para-hydroxylation sites is 2. The molecule has 0 bridgehead atoms. The molecule has 0 radical (unpaired) electrons. The zero-order valence-electron chi connectivity index (χ0n) is 20.2. The molecule has 1 aromatic heterocycles. The van der Waals surface area contributed by atoms with Crippen molar-refractivity contribution < 1.29 is 4.79 Å². The van der Waals surface area contributed by atoms with Gasteiger partial charge in [-0.2, -0.15) is 0 Å². The third kappa shape index (κ3) is 6.12. The quantitative estimate of drug-likeness (QED) is 0.352. The van der Waals surface area contributed by atoms with Crippen molar-refractivity contribution in [3.8, 4) is 0 Å². The largest absolute Gasteiger partial charge is 0.356 e. The minimum atomic E-state index is 0.0398. The van der Waals surface area contributed by atoms with E-state index in [0.717, 1.165) is 47.5 Å². The molecule has 1 amide bonds. The summed E-state index contributed by atoms with van der Waals surface area (Å²) in [4.78, 5) is 20.0. The van der Waals surface area contributed by atoms with E-state index < -0.39 is 0 Å². The van der Waals surface area contributed by atoms with Gasteiger partial charge in [-0.05, 0) is 50.3 Å². The number of carbonyl (C=O) groups excluding carboxylic acids is 1. The Labute approximate surface area is 202 Å². The number of carbonyl (C=O) groups is 1. The van der Waals surface area contributed by atoms with Gasteiger partial charge in [-0.15, -0.1) is 0 Å². The molecular formula is C29H34N4O. The van der Waals surface area contributed by atoms with Gasteiger partial charge in [0.2, 0.25) is 5.91 Å². The average molecular weight is 455 g/mol. The van der Waals surface area contributed by atoms with Gasteiger partial charge in [-0.25, -0.2) is 4.98 Å². The fourth-order valence-corrected chi connectivity index (χ4v) is 4.48. The number of nitrogens with one attached hydrogen (secondary N) is 1. The molecule has 0 aliphatic carbocycles. The number of benzene rings is 3. The molecule has 1 N–H and O–H groups in total. The molecule has 34 heavy (non-hydrogen) atoms. The van der Waals surface area contributed by atoms with Crippen LogP contribution in [0.2, 0.25) is 0 Å². The van der Waals surface area contributed by atoms with Crippen LogP contribution in [0.1, 0.15) is 35.7 Å². The highest BCUT2D eigenvalue weighted by Gasteiger charge is 2.18. The number of amides is 1. The summed E-state index contributed by atoms with van der Waals surface area (Å²) in [6.07, 6.45) is 2.19. The van der Waals surface area contributed by atoms with Crippen molar-refractivity contribution in [2.75, 3.05) is 27.2 Å². The number of imidazole rings is 1. The van der Waals surface area contributed by atoms with Gasteiger partial charge in [0.25, 0.3) is 0 Å². The Morgan fingerprint density at radius 3 is 2.18 bits per heavy atom. The van der Waals surface area contributed by atoms with Crippen LogP contribution >= 0.6 is 0 Å². The van der Waals surface area contributed by atoms with Gasteiger partial charge in [0, 0.05) is 31.8 Å². The van der Waals surface area contributed by atoms with Crippen molar-refractivity contribution in [1.29, 1.82) is 0 Å². The summed E-state index contributed by atoms with van der Waals surface area (Å²) in [6, 6.07) is 28.8. The minimum Gasteiger partial charge on any atom is -0.356 e. The number of aryl methyl sites for hydroxylation is 1. The van der Waals surface area contributed by atoms with Crippen LogP contribution in [-0.4, -0.2) is 47.5 Å². The molecule has 0 aliphatic heterocycles. The van der Waals surface area contributed by atoms with Gasteiger partial charge in [-0.3, -0.25) is 4.79 Å². The van der Waals surface area contributed by atoms with E-state index in [2.05, 4.69) is 71.3 Å². The van der Waals surface area contributed by atoms with Gasteiger partial charge < -0.3 is 14.8 Å². The van der Waals surface area contributed by atoms with E-state index in [0.29, 0.717) is 19.4 Å². The molecule has 0 spiro atoms. The Balaban J connectivity index is 1.41. The van der Waals surface area contributed by atoms with Gasteiger partial charge in [0.05, 0.1) is 11.0 Å². The number of nitrogens with zero attached hydrogens (tertiary/aromatic N) is 3. The van der Waals surface area contributed by atoms with Crippen LogP contribution in [0.3, 0.4) is 0 Å². The SMILES string of the molecule is CN(C)CCCn1c(CCNC(=O)CC(c2ccccc2)c2ccccc2)nc2ccccc21. The van der Waals surface area contributed by atoms with E-state index in [9.17, 15) is 4.79 Å². The summed E-state index contributed by atoms with van der Waals surface area (Å²) in [5, 5.41) is 3.15. The fourth-order valence-electron chi connectivity index (χ4n) is 4.48. The summed E-state index contributed by atoms with van der Waals surface area (Å²) in [7, 11) is 4.20. The van der Waals surface area contributed by atoms with Crippen molar-refractivity contribution >= 4 is 16.9 Å². The number of fused-ring (bicyclic) bond motifs is 1. The Kier molecular flexibility index (Phi) is 8.10. The van der Waals surface area contributed by atoms with E-state index in [1.165, 1.54) is 0 Å². The first-order valence-corrected chi connectivity index (χ1v) is 12.1. The number of hydrogen-bond donors (Lipinski definition) is 1. The Bertz CT molecular complexity index is 1150. The second kappa shape index (κ2) is 11.6. The molecule has 0 saturated carbocycles. The summed E-state index contributed by atoms with van der Waals surface area (Å²) in [5.74, 6) is 1.13. The third-order valence-corrected chi connectivity index (χ3v) is 6.18. The number of rotatable bonds is 11. The maximum absolute atomic E-state index is 13.0. The third-order valence-electron chi connectivity index (χ3n) is 6.18. The molecule has 3 aromatic carbocycles. The number of hydrogen-bond acceptors (Lipinski definition) is 3. The summed E-state index contributed by atoms with van der Waals surface area (Å²) in [5.41, 5.74) is 4.50. The van der Waals surface area contributed by atoms with E-state index in [4.69, 9.17) is 4.98 Å². The van der Waals surface area contributed by atoms with Gasteiger partial charge in [0.15, 0.2) is 0 Å². The zero-order valence-corrected chi connectivity index (χ0v) is 20.2. The molecule has 0 aliphatic rings. The molecule has 5 nitrogen and oxygen atoms in total. The molecule has 1 heterocycles. The predicted molar refractivity (Wildman–Crippen MR) is 139 cm³/mol. The molecule has 0 atom stereocenters. The normalized spacial score (nSPS) is 11.4. The Morgan fingerprint density at radius 1 is 0.912 bits per heavy atom. The van der Waals surface area contributed by atoms with Crippen LogP contribution in [0.4, 0.5) is 0 Å². The van der Waals surface area contributed by atoms with Gasteiger partial charge in [0.1, 0.15) is 5.82 Å². The van der Waals surface area contributed by atoms with E-state index in [-0.39, 0.29) is 11.8 Å². The van der Waals surface area contributed by atoms with E-state index >= 15 is 0 Å². The van der Waals surface area contributed by atoms with Crippen molar-refractivity contribution in [3.63, 3.8) is 0 Å². The molecular weight excluding hydrogens is 420 g/mol. The first-order chi connectivity index (χ1) is 16.6. The highest BCUT2D eigenvalue weighted by Crippen LogP contribution is 2.27. The number of aromatic nitrogens is 2. The molecule has 0 saturated heterocycles. The maximum atomic E-state index is 13.0. The summed E-state index contributed by atoms with van der Waals surface area (Å²) in [6.45, 7) is 2.53. The zero-order chi connectivity index (χ0) is 23.8. The Morgan fingerprint density at radius 2 is 1.53 bits per heavy atom. The first kappa shape index (κ1) is 23.7. The highest BCUT2D eigenvalue weighted by molar-refractivity contribution is 5.78. The fraction of sp³-hybridized carbons (Fsp3) is 0.310. The van der Waals surface area contributed by atoms with Crippen molar-refractivity contribution in [3.05, 3.63) is 102 Å². The molecule has 5 heteroatoms. The van der Waals surface area contributed by atoms with E-state index in [1.54, 1.807) is 0 Å². The van der Waals surface area contributed by atoms with Crippen LogP contribution in [-0.2, 0) is 17.8 Å². The average Bonchev–Trinajstić information content (AvgIpc) is 3.21. The van der Waals surface area contributed by atoms with Crippen LogP contribution in [0, 0.1) is 0 Å². The molecule has 0 fully saturated rings.